The van der Waals surface area contributed by atoms with Crippen LogP contribution in [0.4, 0.5) is 13.2 Å². The molecule has 6 heteroatoms. The van der Waals surface area contributed by atoms with Crippen LogP contribution in [0.2, 0.25) is 0 Å². The summed E-state index contributed by atoms with van der Waals surface area (Å²) in [5.74, 6) is 0.806. The van der Waals surface area contributed by atoms with Crippen molar-refractivity contribution in [1.29, 1.82) is 0 Å². The maximum absolute atomic E-state index is 12.5. The molecule has 1 heterocycles. The van der Waals surface area contributed by atoms with E-state index in [-0.39, 0.29) is 0 Å². The van der Waals surface area contributed by atoms with Gasteiger partial charge in [-0.05, 0) is 36.4 Å². The number of hydrogen-bond acceptors (Lipinski definition) is 2. The molecule has 0 amide bonds. The fourth-order valence-electron chi connectivity index (χ4n) is 2.04. The lowest BCUT2D eigenvalue weighted by atomic mass is 10.2. The van der Waals surface area contributed by atoms with Crippen LogP contribution in [-0.2, 0) is 6.18 Å². The van der Waals surface area contributed by atoms with Crippen LogP contribution in [0.3, 0.4) is 0 Å². The van der Waals surface area contributed by atoms with E-state index in [0.717, 1.165) is 22.0 Å². The van der Waals surface area contributed by atoms with Gasteiger partial charge in [0.1, 0.15) is 11.3 Å². The Morgan fingerprint density at radius 1 is 0.955 bits per heavy atom. The summed E-state index contributed by atoms with van der Waals surface area (Å²) in [6.45, 7) is 0. The van der Waals surface area contributed by atoms with E-state index in [4.69, 9.17) is 4.74 Å². The molecule has 112 valence electrons. The highest BCUT2D eigenvalue weighted by Crippen LogP contribution is 2.34. The van der Waals surface area contributed by atoms with Gasteiger partial charge in [-0.25, -0.2) is 0 Å². The molecule has 1 aromatic heterocycles. The highest BCUT2D eigenvalue weighted by atomic mass is 79.9. The van der Waals surface area contributed by atoms with Gasteiger partial charge >= 0.3 is 6.18 Å². The molecule has 0 spiro atoms. The Labute approximate surface area is 132 Å². The zero-order valence-corrected chi connectivity index (χ0v) is 12.6. The molecule has 3 aromatic rings. The molecule has 0 N–H and O–H groups in total. The first-order valence-electron chi connectivity index (χ1n) is 6.33. The highest BCUT2D eigenvalue weighted by molar-refractivity contribution is 9.10. The molecule has 0 aliphatic carbocycles. The molecule has 22 heavy (non-hydrogen) atoms. The van der Waals surface area contributed by atoms with Crippen LogP contribution in [0.5, 0.6) is 11.5 Å². The SMILES string of the molecule is FC(F)(F)c1ccc(Oc2cccc3c(Br)ccnc23)cc1. The predicted molar refractivity (Wildman–Crippen MR) is 81.0 cm³/mol. The lowest BCUT2D eigenvalue weighted by Gasteiger charge is -2.10. The minimum Gasteiger partial charge on any atom is -0.455 e. The monoisotopic (exact) mass is 367 g/mol. The van der Waals surface area contributed by atoms with Crippen LogP contribution in [0.1, 0.15) is 5.56 Å². The average molecular weight is 368 g/mol. The van der Waals surface area contributed by atoms with Gasteiger partial charge in [0.15, 0.2) is 5.75 Å². The van der Waals surface area contributed by atoms with Crippen LogP contribution in [0, 0.1) is 0 Å². The van der Waals surface area contributed by atoms with E-state index in [1.807, 2.05) is 12.1 Å². The molecule has 0 radical (unpaired) electrons. The molecule has 0 fully saturated rings. The molecule has 2 aromatic carbocycles. The summed E-state index contributed by atoms with van der Waals surface area (Å²) >= 11 is 3.43. The van der Waals surface area contributed by atoms with E-state index in [1.165, 1.54) is 12.1 Å². The van der Waals surface area contributed by atoms with E-state index < -0.39 is 11.7 Å². The van der Waals surface area contributed by atoms with Crippen LogP contribution >= 0.6 is 15.9 Å². The Morgan fingerprint density at radius 2 is 1.68 bits per heavy atom. The number of pyridine rings is 1. The number of nitrogens with zero attached hydrogens (tertiary/aromatic N) is 1. The maximum atomic E-state index is 12.5. The molecular weight excluding hydrogens is 359 g/mol. The first kappa shape index (κ1) is 14.8. The maximum Gasteiger partial charge on any atom is 0.416 e. The molecule has 0 atom stereocenters. The summed E-state index contributed by atoms with van der Waals surface area (Å²) < 4.78 is 44.2. The Hall–Kier alpha value is -2.08. The molecule has 0 saturated carbocycles. The van der Waals surface area contributed by atoms with Crippen LogP contribution in [0.25, 0.3) is 10.9 Å². The van der Waals surface area contributed by atoms with E-state index in [9.17, 15) is 13.2 Å². The van der Waals surface area contributed by atoms with Gasteiger partial charge in [0.25, 0.3) is 0 Å². The van der Waals surface area contributed by atoms with Crippen molar-refractivity contribution in [3.63, 3.8) is 0 Å². The third-order valence-corrected chi connectivity index (χ3v) is 3.78. The summed E-state index contributed by atoms with van der Waals surface area (Å²) in [4.78, 5) is 4.26. The highest BCUT2D eigenvalue weighted by Gasteiger charge is 2.30. The molecule has 0 aliphatic rings. The molecule has 0 saturated heterocycles. The van der Waals surface area contributed by atoms with E-state index >= 15 is 0 Å². The van der Waals surface area contributed by atoms with Gasteiger partial charge in [-0.1, -0.05) is 28.1 Å². The van der Waals surface area contributed by atoms with Gasteiger partial charge in [0.05, 0.1) is 5.56 Å². The van der Waals surface area contributed by atoms with E-state index in [0.29, 0.717) is 17.0 Å². The fraction of sp³-hybridized carbons (Fsp3) is 0.0625. The molecular formula is C16H9BrF3NO. The van der Waals surface area contributed by atoms with Gasteiger partial charge in [-0.2, -0.15) is 13.2 Å². The number of hydrogen-bond donors (Lipinski definition) is 0. The fourth-order valence-corrected chi connectivity index (χ4v) is 2.47. The van der Waals surface area contributed by atoms with Crippen molar-refractivity contribution in [3.8, 4) is 11.5 Å². The zero-order valence-electron chi connectivity index (χ0n) is 11.1. The molecule has 0 aliphatic heterocycles. The third kappa shape index (κ3) is 2.92. The lowest BCUT2D eigenvalue weighted by molar-refractivity contribution is -0.137. The number of alkyl halides is 3. The Kier molecular flexibility index (Phi) is 3.78. The normalized spacial score (nSPS) is 11.6. The molecule has 2 nitrogen and oxygen atoms in total. The number of rotatable bonds is 2. The Bertz CT molecular complexity index is 816. The summed E-state index contributed by atoms with van der Waals surface area (Å²) in [6, 6.07) is 11.8. The quantitative estimate of drug-likeness (QED) is 0.570. The summed E-state index contributed by atoms with van der Waals surface area (Å²) in [7, 11) is 0. The molecule has 0 bridgehead atoms. The smallest absolute Gasteiger partial charge is 0.416 e. The van der Waals surface area contributed by atoms with Gasteiger partial charge in [0, 0.05) is 16.1 Å². The van der Waals surface area contributed by atoms with Gasteiger partial charge in [-0.3, -0.25) is 4.98 Å². The zero-order chi connectivity index (χ0) is 15.7. The van der Waals surface area contributed by atoms with Gasteiger partial charge in [0.2, 0.25) is 0 Å². The minimum absolute atomic E-state index is 0.322. The van der Waals surface area contributed by atoms with Crippen molar-refractivity contribution >= 4 is 26.8 Å². The topological polar surface area (TPSA) is 22.1 Å². The Morgan fingerprint density at radius 3 is 2.36 bits per heavy atom. The second-order valence-electron chi connectivity index (χ2n) is 4.57. The van der Waals surface area contributed by atoms with Crippen LogP contribution in [0.15, 0.2) is 59.2 Å². The first-order valence-corrected chi connectivity index (χ1v) is 7.13. The second kappa shape index (κ2) is 5.61. The van der Waals surface area contributed by atoms with Gasteiger partial charge < -0.3 is 4.74 Å². The van der Waals surface area contributed by atoms with E-state index in [2.05, 4.69) is 20.9 Å². The predicted octanol–water partition coefficient (Wildman–Crippen LogP) is 5.81. The van der Waals surface area contributed by atoms with Crippen molar-refractivity contribution in [2.45, 2.75) is 6.18 Å². The number of para-hydroxylation sites is 1. The van der Waals surface area contributed by atoms with Crippen molar-refractivity contribution in [3.05, 3.63) is 64.8 Å². The largest absolute Gasteiger partial charge is 0.455 e. The molecule has 0 unspecified atom stereocenters. The van der Waals surface area contributed by atoms with E-state index in [1.54, 1.807) is 18.3 Å². The average Bonchev–Trinajstić information content (AvgIpc) is 2.48. The van der Waals surface area contributed by atoms with Gasteiger partial charge in [-0.15, -0.1) is 0 Å². The van der Waals surface area contributed by atoms with Crippen LogP contribution in [-0.4, -0.2) is 4.98 Å². The molecule has 3 rings (SSSR count). The van der Waals surface area contributed by atoms with Crippen molar-refractivity contribution in [2.75, 3.05) is 0 Å². The first-order chi connectivity index (χ1) is 10.4. The Balaban J connectivity index is 1.95. The standard InChI is InChI=1S/C16H9BrF3NO/c17-13-8-9-21-15-12(13)2-1-3-14(15)22-11-6-4-10(5-7-11)16(18,19)20/h1-9H. The third-order valence-electron chi connectivity index (χ3n) is 3.09. The summed E-state index contributed by atoms with van der Waals surface area (Å²) in [5.41, 5.74) is -0.0737. The number of ether oxygens (including phenoxy) is 1. The lowest BCUT2D eigenvalue weighted by Crippen LogP contribution is -2.04. The van der Waals surface area contributed by atoms with Crippen LogP contribution < -0.4 is 4.74 Å². The van der Waals surface area contributed by atoms with Crippen molar-refractivity contribution in [2.24, 2.45) is 0 Å². The number of halogens is 4. The number of fused-ring (bicyclic) bond motifs is 1. The summed E-state index contributed by atoms with van der Waals surface area (Å²) in [6.07, 6.45) is -2.73. The second-order valence-corrected chi connectivity index (χ2v) is 5.42. The number of aromatic nitrogens is 1. The van der Waals surface area contributed by atoms with Crippen molar-refractivity contribution in [1.82, 2.24) is 4.98 Å². The number of benzene rings is 2. The van der Waals surface area contributed by atoms with Crippen molar-refractivity contribution < 1.29 is 17.9 Å². The minimum atomic E-state index is -4.36. The summed E-state index contributed by atoms with van der Waals surface area (Å²) in [5, 5.41) is 0.868.